The van der Waals surface area contributed by atoms with Crippen molar-refractivity contribution in [3.05, 3.63) is 23.8 Å². The summed E-state index contributed by atoms with van der Waals surface area (Å²) in [6.45, 7) is 2.52. The van der Waals surface area contributed by atoms with Crippen molar-refractivity contribution in [2.24, 2.45) is 0 Å². The topological polar surface area (TPSA) is 61.8 Å². The molecule has 1 fully saturated rings. The molecule has 0 spiro atoms. The lowest BCUT2D eigenvalue weighted by Crippen LogP contribution is -2.40. The van der Waals surface area contributed by atoms with Crippen LogP contribution < -0.4 is 10.1 Å². The number of aromatic hydroxyl groups is 1. The largest absolute Gasteiger partial charge is 0.507 e. The molecule has 0 atom stereocenters. The number of amides is 1. The Labute approximate surface area is 119 Å². The number of methoxy groups -OCH3 is 1. The van der Waals surface area contributed by atoms with Gasteiger partial charge < -0.3 is 20.1 Å². The molecule has 1 heterocycles. The van der Waals surface area contributed by atoms with Gasteiger partial charge in [-0.15, -0.1) is 0 Å². The van der Waals surface area contributed by atoms with Gasteiger partial charge in [-0.25, -0.2) is 0 Å². The maximum Gasteiger partial charge on any atom is 0.236 e. The van der Waals surface area contributed by atoms with E-state index in [1.54, 1.807) is 25.3 Å². The second kappa shape index (κ2) is 7.14. The Morgan fingerprint density at radius 2 is 2.10 bits per heavy atom. The van der Waals surface area contributed by atoms with Gasteiger partial charge in [0.25, 0.3) is 0 Å². The highest BCUT2D eigenvalue weighted by molar-refractivity contribution is 5.78. The molecule has 1 aromatic carbocycles. The number of phenolic OH excluding ortho intramolecular Hbond substituents is 1. The van der Waals surface area contributed by atoms with Crippen molar-refractivity contribution in [3.8, 4) is 11.5 Å². The van der Waals surface area contributed by atoms with Crippen molar-refractivity contribution >= 4 is 5.91 Å². The fourth-order valence-corrected chi connectivity index (χ4v) is 2.38. The predicted molar refractivity (Wildman–Crippen MR) is 76.8 cm³/mol. The van der Waals surface area contributed by atoms with Crippen LogP contribution >= 0.6 is 0 Å². The Kier molecular flexibility index (Phi) is 5.24. The molecule has 1 aliphatic heterocycles. The number of phenols is 1. The van der Waals surface area contributed by atoms with Crippen LogP contribution in [0.4, 0.5) is 0 Å². The van der Waals surface area contributed by atoms with Gasteiger partial charge in [0.2, 0.25) is 5.91 Å². The van der Waals surface area contributed by atoms with E-state index in [0.29, 0.717) is 18.8 Å². The monoisotopic (exact) mass is 278 g/mol. The number of carbonyl (C=O) groups is 1. The van der Waals surface area contributed by atoms with Crippen LogP contribution in [0.1, 0.15) is 24.8 Å². The lowest BCUT2D eigenvalue weighted by molar-refractivity contribution is -0.131. The fourth-order valence-electron chi connectivity index (χ4n) is 2.38. The van der Waals surface area contributed by atoms with Crippen molar-refractivity contribution < 1.29 is 14.6 Å². The van der Waals surface area contributed by atoms with Crippen molar-refractivity contribution in [1.82, 2.24) is 10.2 Å². The first-order valence-electron chi connectivity index (χ1n) is 7.05. The number of nitrogens with one attached hydrogen (secondary N) is 1. The summed E-state index contributed by atoms with van der Waals surface area (Å²) in [6.07, 6.45) is 3.42. The summed E-state index contributed by atoms with van der Waals surface area (Å²) in [5.74, 6) is 0.940. The minimum atomic E-state index is 0.137. The minimum absolute atomic E-state index is 0.137. The van der Waals surface area contributed by atoms with Crippen LogP contribution in [-0.4, -0.2) is 42.7 Å². The number of ether oxygens (including phenoxy) is 1. The summed E-state index contributed by atoms with van der Waals surface area (Å²) < 4.78 is 5.03. The quantitative estimate of drug-likeness (QED) is 0.857. The maximum absolute atomic E-state index is 12.0. The first kappa shape index (κ1) is 14.7. The maximum atomic E-state index is 12.0. The van der Waals surface area contributed by atoms with E-state index >= 15 is 0 Å². The normalized spacial score (nSPS) is 15.2. The predicted octanol–water partition coefficient (Wildman–Crippen LogP) is 1.50. The summed E-state index contributed by atoms with van der Waals surface area (Å²) in [6, 6.07) is 5.17. The average Bonchev–Trinajstić information content (AvgIpc) is 2.49. The zero-order valence-corrected chi connectivity index (χ0v) is 11.9. The summed E-state index contributed by atoms with van der Waals surface area (Å²) >= 11 is 0. The lowest BCUT2D eigenvalue weighted by Gasteiger charge is -2.26. The van der Waals surface area contributed by atoms with E-state index < -0.39 is 0 Å². The fraction of sp³-hybridized carbons (Fsp3) is 0.533. The summed E-state index contributed by atoms with van der Waals surface area (Å²) in [7, 11) is 1.56. The molecule has 5 nitrogen and oxygen atoms in total. The molecule has 0 aromatic heterocycles. The number of rotatable bonds is 5. The molecule has 2 rings (SSSR count). The smallest absolute Gasteiger partial charge is 0.236 e. The molecule has 2 N–H and O–H groups in total. The van der Waals surface area contributed by atoms with Crippen LogP contribution in [-0.2, 0) is 11.3 Å². The average molecular weight is 278 g/mol. The molecule has 1 amide bonds. The molecule has 5 heteroatoms. The Morgan fingerprint density at radius 3 is 2.75 bits per heavy atom. The van der Waals surface area contributed by atoms with Gasteiger partial charge in [-0.3, -0.25) is 4.79 Å². The van der Waals surface area contributed by atoms with Gasteiger partial charge in [0, 0.05) is 31.3 Å². The van der Waals surface area contributed by atoms with Crippen molar-refractivity contribution in [2.45, 2.75) is 25.8 Å². The van der Waals surface area contributed by atoms with E-state index in [4.69, 9.17) is 4.74 Å². The highest BCUT2D eigenvalue weighted by atomic mass is 16.5. The van der Waals surface area contributed by atoms with E-state index in [1.807, 2.05) is 4.90 Å². The van der Waals surface area contributed by atoms with Crippen LogP contribution in [0.3, 0.4) is 0 Å². The van der Waals surface area contributed by atoms with Gasteiger partial charge in [0.15, 0.2) is 0 Å². The molecule has 1 saturated heterocycles. The molecule has 0 bridgehead atoms. The molecule has 1 aliphatic rings. The Balaban J connectivity index is 1.79. The number of hydrogen-bond donors (Lipinski definition) is 2. The lowest BCUT2D eigenvalue weighted by atomic mass is 10.1. The van der Waals surface area contributed by atoms with Gasteiger partial charge >= 0.3 is 0 Å². The van der Waals surface area contributed by atoms with Gasteiger partial charge in [0.05, 0.1) is 13.7 Å². The van der Waals surface area contributed by atoms with Gasteiger partial charge in [-0.1, -0.05) is 6.07 Å². The highest BCUT2D eigenvalue weighted by Gasteiger charge is 2.15. The van der Waals surface area contributed by atoms with E-state index in [9.17, 15) is 9.90 Å². The molecular formula is C15H22N2O3. The summed E-state index contributed by atoms with van der Waals surface area (Å²) in [5, 5.41) is 12.9. The third kappa shape index (κ3) is 3.87. The number of carbonyl (C=O) groups excluding carboxylic acids is 1. The molecular weight excluding hydrogens is 256 g/mol. The third-order valence-corrected chi connectivity index (χ3v) is 3.59. The molecule has 1 aromatic rings. The van der Waals surface area contributed by atoms with E-state index in [1.165, 1.54) is 6.42 Å². The third-order valence-electron chi connectivity index (χ3n) is 3.59. The molecule has 20 heavy (non-hydrogen) atoms. The van der Waals surface area contributed by atoms with Crippen LogP contribution in [0.15, 0.2) is 18.2 Å². The second-order valence-electron chi connectivity index (χ2n) is 5.04. The number of piperidine rings is 1. The number of benzene rings is 1. The zero-order chi connectivity index (χ0) is 14.4. The van der Waals surface area contributed by atoms with Gasteiger partial charge in [-0.05, 0) is 25.3 Å². The van der Waals surface area contributed by atoms with Crippen LogP contribution in [0.5, 0.6) is 11.5 Å². The number of nitrogens with zero attached hydrogens (tertiary/aromatic N) is 1. The first-order valence-corrected chi connectivity index (χ1v) is 7.05. The van der Waals surface area contributed by atoms with Crippen LogP contribution in [0.25, 0.3) is 0 Å². The second-order valence-corrected chi connectivity index (χ2v) is 5.04. The minimum Gasteiger partial charge on any atom is -0.507 e. The van der Waals surface area contributed by atoms with Gasteiger partial charge in [0.1, 0.15) is 11.5 Å². The van der Waals surface area contributed by atoms with E-state index in [0.717, 1.165) is 31.5 Å². The van der Waals surface area contributed by atoms with Crippen molar-refractivity contribution in [1.29, 1.82) is 0 Å². The standard InChI is InChI=1S/C15H22N2O3/c1-20-13-6-5-12(14(18)9-13)10-16-11-15(19)17-7-3-2-4-8-17/h5-6,9,16,18H,2-4,7-8,10-11H2,1H3. The SMILES string of the molecule is COc1ccc(CNCC(=O)N2CCCCC2)c(O)c1. The van der Waals surface area contributed by atoms with Crippen molar-refractivity contribution in [3.63, 3.8) is 0 Å². The molecule has 0 radical (unpaired) electrons. The Morgan fingerprint density at radius 1 is 1.35 bits per heavy atom. The molecule has 110 valence electrons. The number of hydrogen-bond acceptors (Lipinski definition) is 4. The summed E-state index contributed by atoms with van der Waals surface area (Å²) in [4.78, 5) is 13.9. The van der Waals surface area contributed by atoms with Gasteiger partial charge in [-0.2, -0.15) is 0 Å². The Hall–Kier alpha value is -1.75. The summed E-state index contributed by atoms with van der Waals surface area (Å²) in [5.41, 5.74) is 0.761. The highest BCUT2D eigenvalue weighted by Crippen LogP contribution is 2.23. The zero-order valence-electron chi connectivity index (χ0n) is 11.9. The van der Waals surface area contributed by atoms with Crippen LogP contribution in [0, 0.1) is 0 Å². The number of likely N-dealkylation sites (tertiary alicyclic amines) is 1. The van der Waals surface area contributed by atoms with Crippen LogP contribution in [0.2, 0.25) is 0 Å². The Bertz CT molecular complexity index is 456. The molecule has 0 unspecified atom stereocenters. The van der Waals surface area contributed by atoms with E-state index in [-0.39, 0.29) is 11.7 Å². The van der Waals surface area contributed by atoms with E-state index in [2.05, 4.69) is 5.32 Å². The van der Waals surface area contributed by atoms with Crippen molar-refractivity contribution in [2.75, 3.05) is 26.7 Å². The first-order chi connectivity index (χ1) is 9.70. The molecule has 0 aliphatic carbocycles. The molecule has 0 saturated carbocycles.